The Kier molecular flexibility index (Phi) is 4.71. The number of aliphatic carboxylic acids is 1. The van der Waals surface area contributed by atoms with Crippen molar-refractivity contribution in [2.45, 2.75) is 58.8 Å². The van der Waals surface area contributed by atoms with Crippen LogP contribution in [-0.4, -0.2) is 35.0 Å². The van der Waals surface area contributed by atoms with Crippen LogP contribution in [0.4, 0.5) is 0 Å². The highest BCUT2D eigenvalue weighted by Crippen LogP contribution is 2.36. The van der Waals surface area contributed by atoms with E-state index in [1.54, 1.807) is 0 Å². The predicted molar refractivity (Wildman–Crippen MR) is 77.3 cm³/mol. The number of carbonyl (C=O) groups is 2. The second-order valence-electron chi connectivity index (χ2n) is 6.65. The number of nitrogens with zero attached hydrogens (tertiary/aromatic N) is 1. The quantitative estimate of drug-likeness (QED) is 0.707. The van der Waals surface area contributed by atoms with E-state index in [0.29, 0.717) is 24.7 Å². The first-order valence-electron chi connectivity index (χ1n) is 8.02. The first kappa shape index (κ1) is 15.3. The summed E-state index contributed by atoms with van der Waals surface area (Å²) >= 11 is 0. The van der Waals surface area contributed by atoms with Gasteiger partial charge < -0.3 is 10.0 Å². The number of hydrogen-bond donors (Lipinski definition) is 1. The van der Waals surface area contributed by atoms with Gasteiger partial charge in [-0.3, -0.25) is 9.59 Å². The smallest absolute Gasteiger partial charge is 0.310 e. The first-order chi connectivity index (χ1) is 9.50. The molecular formula is C16H27NO3. The summed E-state index contributed by atoms with van der Waals surface area (Å²) in [5.74, 6) is 0.559. The van der Waals surface area contributed by atoms with Gasteiger partial charge in [-0.2, -0.15) is 0 Å². The zero-order chi connectivity index (χ0) is 14.8. The summed E-state index contributed by atoms with van der Waals surface area (Å²) in [6.45, 7) is 5.44. The standard InChI is InChI=1S/C16H27NO3/c1-3-16(4-2,15(19)20)9-14(18)17(10-12-5-6-12)11-13-7-8-13/h12-13H,3-11H2,1-2H3,(H,19,20). The van der Waals surface area contributed by atoms with E-state index in [4.69, 9.17) is 0 Å². The molecular weight excluding hydrogens is 254 g/mol. The molecule has 0 aromatic heterocycles. The van der Waals surface area contributed by atoms with Gasteiger partial charge in [0, 0.05) is 19.5 Å². The van der Waals surface area contributed by atoms with Crippen LogP contribution in [0.25, 0.3) is 0 Å². The van der Waals surface area contributed by atoms with Gasteiger partial charge >= 0.3 is 5.97 Å². The van der Waals surface area contributed by atoms with Crippen molar-refractivity contribution in [3.63, 3.8) is 0 Å². The minimum atomic E-state index is -0.873. The molecule has 2 saturated carbocycles. The van der Waals surface area contributed by atoms with E-state index < -0.39 is 11.4 Å². The van der Waals surface area contributed by atoms with Crippen molar-refractivity contribution >= 4 is 11.9 Å². The van der Waals surface area contributed by atoms with Crippen LogP contribution in [0.3, 0.4) is 0 Å². The van der Waals surface area contributed by atoms with Gasteiger partial charge in [0.2, 0.25) is 5.91 Å². The molecule has 20 heavy (non-hydrogen) atoms. The van der Waals surface area contributed by atoms with E-state index in [2.05, 4.69) is 0 Å². The third kappa shape index (κ3) is 3.74. The first-order valence-corrected chi connectivity index (χ1v) is 8.02. The van der Waals surface area contributed by atoms with Crippen LogP contribution in [-0.2, 0) is 9.59 Å². The molecule has 0 radical (unpaired) electrons. The maximum atomic E-state index is 12.6. The molecule has 0 saturated heterocycles. The molecule has 0 heterocycles. The van der Waals surface area contributed by atoms with Crippen molar-refractivity contribution in [1.82, 2.24) is 4.90 Å². The highest BCUT2D eigenvalue weighted by atomic mass is 16.4. The summed E-state index contributed by atoms with van der Waals surface area (Å²) in [5, 5.41) is 9.47. The predicted octanol–water partition coefficient (Wildman–Crippen LogP) is 2.92. The van der Waals surface area contributed by atoms with E-state index >= 15 is 0 Å². The molecule has 0 aromatic carbocycles. The van der Waals surface area contributed by atoms with Crippen molar-refractivity contribution in [2.75, 3.05) is 13.1 Å². The van der Waals surface area contributed by atoms with Crippen LogP contribution < -0.4 is 0 Å². The Bertz CT molecular complexity index is 354. The average molecular weight is 281 g/mol. The zero-order valence-corrected chi connectivity index (χ0v) is 12.7. The van der Waals surface area contributed by atoms with Crippen molar-refractivity contribution in [3.05, 3.63) is 0 Å². The Hall–Kier alpha value is -1.06. The molecule has 0 bridgehead atoms. The molecule has 114 valence electrons. The van der Waals surface area contributed by atoms with Crippen molar-refractivity contribution in [1.29, 1.82) is 0 Å². The van der Waals surface area contributed by atoms with Crippen molar-refractivity contribution < 1.29 is 14.7 Å². The van der Waals surface area contributed by atoms with E-state index in [0.717, 1.165) is 13.1 Å². The lowest BCUT2D eigenvalue weighted by Gasteiger charge is -2.30. The molecule has 2 fully saturated rings. The molecule has 0 spiro atoms. The minimum absolute atomic E-state index is 0.0508. The molecule has 2 aliphatic carbocycles. The van der Waals surface area contributed by atoms with Gasteiger partial charge in [-0.05, 0) is 50.4 Å². The maximum absolute atomic E-state index is 12.6. The summed E-state index contributed by atoms with van der Waals surface area (Å²) in [6.07, 6.45) is 6.09. The van der Waals surface area contributed by atoms with E-state index in [1.807, 2.05) is 18.7 Å². The van der Waals surface area contributed by atoms with E-state index in [-0.39, 0.29) is 12.3 Å². The van der Waals surface area contributed by atoms with Crippen LogP contribution >= 0.6 is 0 Å². The molecule has 0 aliphatic heterocycles. The summed E-state index contributed by atoms with van der Waals surface area (Å²) in [4.78, 5) is 26.1. The van der Waals surface area contributed by atoms with Crippen molar-refractivity contribution in [3.8, 4) is 0 Å². The zero-order valence-electron chi connectivity index (χ0n) is 12.7. The molecule has 2 aliphatic rings. The Morgan fingerprint density at radius 2 is 1.50 bits per heavy atom. The van der Waals surface area contributed by atoms with Gasteiger partial charge in [0.25, 0.3) is 0 Å². The third-order valence-electron chi connectivity index (χ3n) is 5.00. The lowest BCUT2D eigenvalue weighted by Crippen LogP contribution is -2.41. The SMILES string of the molecule is CCC(CC)(CC(=O)N(CC1CC1)CC1CC1)C(=O)O. The van der Waals surface area contributed by atoms with Crippen molar-refractivity contribution in [2.24, 2.45) is 17.3 Å². The lowest BCUT2D eigenvalue weighted by atomic mass is 9.79. The number of carbonyl (C=O) groups excluding carboxylic acids is 1. The largest absolute Gasteiger partial charge is 0.481 e. The highest BCUT2D eigenvalue weighted by Gasteiger charge is 2.40. The number of carboxylic acids is 1. The van der Waals surface area contributed by atoms with Gasteiger partial charge in [-0.15, -0.1) is 0 Å². The highest BCUT2D eigenvalue weighted by molar-refractivity contribution is 5.85. The molecule has 1 amide bonds. The summed E-state index contributed by atoms with van der Waals surface area (Å²) in [5.41, 5.74) is -0.873. The fraction of sp³-hybridized carbons (Fsp3) is 0.875. The minimum Gasteiger partial charge on any atom is -0.481 e. The Morgan fingerprint density at radius 1 is 1.05 bits per heavy atom. The van der Waals surface area contributed by atoms with Gasteiger partial charge in [-0.1, -0.05) is 13.8 Å². The fourth-order valence-corrected chi connectivity index (χ4v) is 2.78. The fourth-order valence-electron chi connectivity index (χ4n) is 2.78. The van der Waals surface area contributed by atoms with Crippen LogP contribution in [0, 0.1) is 17.3 Å². The van der Waals surface area contributed by atoms with Crippen LogP contribution in [0.5, 0.6) is 0 Å². The lowest BCUT2D eigenvalue weighted by molar-refractivity contribution is -0.154. The molecule has 2 rings (SSSR count). The topological polar surface area (TPSA) is 57.6 Å². The monoisotopic (exact) mass is 281 g/mol. The molecule has 0 unspecified atom stereocenters. The van der Waals surface area contributed by atoms with Gasteiger partial charge in [-0.25, -0.2) is 0 Å². The van der Waals surface area contributed by atoms with Crippen LogP contribution in [0.15, 0.2) is 0 Å². The second-order valence-corrected chi connectivity index (χ2v) is 6.65. The van der Waals surface area contributed by atoms with E-state index in [1.165, 1.54) is 25.7 Å². The normalized spacial score (nSPS) is 18.9. The summed E-state index contributed by atoms with van der Waals surface area (Å²) < 4.78 is 0. The number of hydrogen-bond acceptors (Lipinski definition) is 2. The van der Waals surface area contributed by atoms with Gasteiger partial charge in [0.1, 0.15) is 0 Å². The number of rotatable bonds is 9. The van der Waals surface area contributed by atoms with Crippen LogP contribution in [0.1, 0.15) is 58.8 Å². The number of amides is 1. The molecule has 0 aromatic rings. The molecule has 4 heteroatoms. The van der Waals surface area contributed by atoms with Gasteiger partial charge in [0.15, 0.2) is 0 Å². The summed E-state index contributed by atoms with van der Waals surface area (Å²) in [7, 11) is 0. The molecule has 4 nitrogen and oxygen atoms in total. The van der Waals surface area contributed by atoms with E-state index in [9.17, 15) is 14.7 Å². The second kappa shape index (κ2) is 6.15. The maximum Gasteiger partial charge on any atom is 0.310 e. The molecule has 0 atom stereocenters. The van der Waals surface area contributed by atoms with Crippen LogP contribution in [0.2, 0.25) is 0 Å². The van der Waals surface area contributed by atoms with Gasteiger partial charge in [0.05, 0.1) is 5.41 Å². The third-order valence-corrected chi connectivity index (χ3v) is 5.00. The Morgan fingerprint density at radius 3 is 1.80 bits per heavy atom. The number of carboxylic acid groups (broad SMARTS) is 1. The Labute approximate surface area is 121 Å². The molecule has 1 N–H and O–H groups in total. The Balaban J connectivity index is 1.99. The average Bonchev–Trinajstić information content (AvgIpc) is 3.29. The summed E-state index contributed by atoms with van der Waals surface area (Å²) in [6, 6.07) is 0.